The third kappa shape index (κ3) is 4.49. The standard InChI is InChI=1S/C19H20N2O4S/c1-12-3-5-15(9-13(12)2)26-8-7-18(22)20-21-19(23)14-4-6-16-17(10-14)25-11-24-16/h3-6,9-10H,7-8,11H2,1-2H3,(H,20,22)(H,21,23). The molecule has 0 saturated heterocycles. The summed E-state index contributed by atoms with van der Waals surface area (Å²) in [4.78, 5) is 25.1. The first-order valence-electron chi connectivity index (χ1n) is 8.22. The second-order valence-corrected chi connectivity index (χ2v) is 7.08. The van der Waals surface area contributed by atoms with Crippen LogP contribution in [0.3, 0.4) is 0 Å². The van der Waals surface area contributed by atoms with E-state index in [9.17, 15) is 9.59 Å². The van der Waals surface area contributed by atoms with Crippen LogP contribution in [0.2, 0.25) is 0 Å². The normalized spacial score (nSPS) is 11.9. The van der Waals surface area contributed by atoms with Gasteiger partial charge >= 0.3 is 0 Å². The molecule has 1 aliphatic rings. The Morgan fingerprint density at radius 3 is 2.62 bits per heavy atom. The van der Waals surface area contributed by atoms with Crippen LogP contribution in [0.5, 0.6) is 11.5 Å². The summed E-state index contributed by atoms with van der Waals surface area (Å²) in [5.74, 6) is 1.12. The SMILES string of the molecule is Cc1ccc(SCCC(=O)NNC(=O)c2ccc3c(c2)OCO3)cc1C. The Bertz CT molecular complexity index is 838. The Labute approximate surface area is 156 Å². The lowest BCUT2D eigenvalue weighted by Crippen LogP contribution is -2.41. The number of hydrazine groups is 1. The molecule has 0 radical (unpaired) electrons. The summed E-state index contributed by atoms with van der Waals surface area (Å²) in [6, 6.07) is 11.1. The van der Waals surface area contributed by atoms with Crippen molar-refractivity contribution in [1.82, 2.24) is 10.9 Å². The van der Waals surface area contributed by atoms with Crippen LogP contribution in [0.15, 0.2) is 41.3 Å². The Balaban J connectivity index is 1.42. The number of ether oxygens (including phenoxy) is 2. The average molecular weight is 372 g/mol. The number of aryl methyl sites for hydroxylation is 2. The van der Waals surface area contributed by atoms with E-state index in [1.165, 1.54) is 11.1 Å². The number of benzene rings is 2. The molecular weight excluding hydrogens is 352 g/mol. The van der Waals surface area contributed by atoms with E-state index in [-0.39, 0.29) is 12.7 Å². The molecule has 0 bridgehead atoms. The van der Waals surface area contributed by atoms with E-state index < -0.39 is 5.91 Å². The first kappa shape index (κ1) is 18.1. The number of nitrogens with one attached hydrogen (secondary N) is 2. The van der Waals surface area contributed by atoms with Gasteiger partial charge in [-0.2, -0.15) is 0 Å². The number of amides is 2. The van der Waals surface area contributed by atoms with Gasteiger partial charge in [-0.1, -0.05) is 6.07 Å². The van der Waals surface area contributed by atoms with Crippen LogP contribution >= 0.6 is 11.8 Å². The maximum absolute atomic E-state index is 12.1. The fourth-order valence-electron chi connectivity index (χ4n) is 2.36. The van der Waals surface area contributed by atoms with Crippen LogP contribution in [0.1, 0.15) is 27.9 Å². The van der Waals surface area contributed by atoms with Crippen molar-refractivity contribution in [2.24, 2.45) is 0 Å². The van der Waals surface area contributed by atoms with Gasteiger partial charge in [0.05, 0.1) is 0 Å². The van der Waals surface area contributed by atoms with E-state index in [0.717, 1.165) is 4.90 Å². The highest BCUT2D eigenvalue weighted by Crippen LogP contribution is 2.32. The maximum atomic E-state index is 12.1. The zero-order chi connectivity index (χ0) is 18.5. The highest BCUT2D eigenvalue weighted by molar-refractivity contribution is 7.99. The van der Waals surface area contributed by atoms with Gasteiger partial charge in [-0.05, 0) is 55.3 Å². The van der Waals surface area contributed by atoms with Crippen LogP contribution in [0, 0.1) is 13.8 Å². The minimum absolute atomic E-state index is 0.148. The van der Waals surface area contributed by atoms with Crippen LogP contribution in [0.4, 0.5) is 0 Å². The Hall–Kier alpha value is -2.67. The van der Waals surface area contributed by atoms with Gasteiger partial charge in [-0.25, -0.2) is 0 Å². The minimum Gasteiger partial charge on any atom is -0.454 e. The first-order valence-corrected chi connectivity index (χ1v) is 9.20. The molecule has 0 spiro atoms. The fourth-order valence-corrected chi connectivity index (χ4v) is 3.31. The molecule has 1 aliphatic heterocycles. The van der Waals surface area contributed by atoms with Crippen molar-refractivity contribution in [2.75, 3.05) is 12.5 Å². The molecule has 0 unspecified atom stereocenters. The van der Waals surface area contributed by atoms with Crippen molar-refractivity contribution in [2.45, 2.75) is 25.2 Å². The molecule has 0 aliphatic carbocycles. The molecular formula is C19H20N2O4S. The lowest BCUT2D eigenvalue weighted by molar-refractivity contribution is -0.121. The molecule has 7 heteroatoms. The van der Waals surface area contributed by atoms with E-state index in [1.54, 1.807) is 30.0 Å². The molecule has 3 rings (SSSR count). The van der Waals surface area contributed by atoms with Crippen molar-refractivity contribution >= 4 is 23.6 Å². The maximum Gasteiger partial charge on any atom is 0.269 e. The number of carbonyl (C=O) groups is 2. The summed E-state index contributed by atoms with van der Waals surface area (Å²) in [7, 11) is 0. The molecule has 136 valence electrons. The molecule has 0 atom stereocenters. The molecule has 2 amide bonds. The van der Waals surface area contributed by atoms with E-state index >= 15 is 0 Å². The Kier molecular flexibility index (Phi) is 5.68. The largest absolute Gasteiger partial charge is 0.454 e. The van der Waals surface area contributed by atoms with Gasteiger partial charge in [0.15, 0.2) is 11.5 Å². The molecule has 0 saturated carbocycles. The van der Waals surface area contributed by atoms with E-state index in [2.05, 4.69) is 36.8 Å². The number of carbonyl (C=O) groups excluding carboxylic acids is 2. The Morgan fingerprint density at radius 1 is 1.00 bits per heavy atom. The summed E-state index contributed by atoms with van der Waals surface area (Å²) in [6.07, 6.45) is 0.305. The van der Waals surface area contributed by atoms with Crippen molar-refractivity contribution in [3.63, 3.8) is 0 Å². The summed E-state index contributed by atoms with van der Waals surface area (Å²) in [5.41, 5.74) is 7.71. The smallest absolute Gasteiger partial charge is 0.269 e. The molecule has 26 heavy (non-hydrogen) atoms. The summed E-state index contributed by atoms with van der Waals surface area (Å²) in [5, 5.41) is 0. The third-order valence-corrected chi connectivity index (χ3v) is 5.02. The molecule has 0 aromatic heterocycles. The monoisotopic (exact) mass is 372 g/mol. The van der Waals surface area contributed by atoms with Crippen LogP contribution in [-0.2, 0) is 4.79 Å². The molecule has 2 aromatic rings. The highest BCUT2D eigenvalue weighted by atomic mass is 32.2. The van der Waals surface area contributed by atoms with Gasteiger partial charge in [-0.15, -0.1) is 11.8 Å². The summed E-state index contributed by atoms with van der Waals surface area (Å²) in [6.45, 7) is 4.28. The molecule has 2 aromatic carbocycles. The van der Waals surface area contributed by atoms with E-state index in [4.69, 9.17) is 9.47 Å². The lowest BCUT2D eigenvalue weighted by Gasteiger charge is -2.08. The molecule has 1 heterocycles. The van der Waals surface area contributed by atoms with E-state index in [1.807, 2.05) is 6.07 Å². The summed E-state index contributed by atoms with van der Waals surface area (Å²) >= 11 is 1.61. The third-order valence-electron chi connectivity index (χ3n) is 4.03. The van der Waals surface area contributed by atoms with Gasteiger partial charge in [-0.3, -0.25) is 20.4 Å². The van der Waals surface area contributed by atoms with Crippen molar-refractivity contribution in [3.8, 4) is 11.5 Å². The zero-order valence-corrected chi connectivity index (χ0v) is 15.4. The summed E-state index contributed by atoms with van der Waals surface area (Å²) < 4.78 is 10.4. The topological polar surface area (TPSA) is 76.7 Å². The molecule has 0 fully saturated rings. The minimum atomic E-state index is -0.404. The van der Waals surface area contributed by atoms with Crippen molar-refractivity contribution in [1.29, 1.82) is 0 Å². The second kappa shape index (κ2) is 8.14. The highest BCUT2D eigenvalue weighted by Gasteiger charge is 2.16. The number of fused-ring (bicyclic) bond motifs is 1. The van der Waals surface area contributed by atoms with Gasteiger partial charge in [0, 0.05) is 22.6 Å². The van der Waals surface area contributed by atoms with Crippen molar-refractivity contribution in [3.05, 3.63) is 53.1 Å². The first-order chi connectivity index (χ1) is 12.5. The number of thioether (sulfide) groups is 1. The quantitative estimate of drug-likeness (QED) is 0.623. The van der Waals surface area contributed by atoms with Crippen molar-refractivity contribution < 1.29 is 19.1 Å². The fraction of sp³-hybridized carbons (Fsp3) is 0.263. The van der Waals surface area contributed by atoms with Crippen LogP contribution in [0.25, 0.3) is 0 Å². The lowest BCUT2D eigenvalue weighted by atomic mass is 10.1. The van der Waals surface area contributed by atoms with E-state index in [0.29, 0.717) is 29.2 Å². The number of hydrogen-bond donors (Lipinski definition) is 2. The number of rotatable bonds is 5. The van der Waals surface area contributed by atoms with Crippen LogP contribution in [-0.4, -0.2) is 24.4 Å². The van der Waals surface area contributed by atoms with Gasteiger partial charge < -0.3 is 9.47 Å². The molecule has 2 N–H and O–H groups in total. The van der Waals surface area contributed by atoms with Gasteiger partial charge in [0.1, 0.15) is 0 Å². The Morgan fingerprint density at radius 2 is 1.81 bits per heavy atom. The zero-order valence-electron chi connectivity index (χ0n) is 14.6. The molecule has 6 nitrogen and oxygen atoms in total. The second-order valence-electron chi connectivity index (χ2n) is 5.91. The van der Waals surface area contributed by atoms with Gasteiger partial charge in [0.25, 0.3) is 5.91 Å². The number of hydrogen-bond acceptors (Lipinski definition) is 5. The predicted molar refractivity (Wildman–Crippen MR) is 99.4 cm³/mol. The van der Waals surface area contributed by atoms with Gasteiger partial charge in [0.2, 0.25) is 12.7 Å². The average Bonchev–Trinajstić information content (AvgIpc) is 3.10. The van der Waals surface area contributed by atoms with Crippen LogP contribution < -0.4 is 20.3 Å². The predicted octanol–water partition coefficient (Wildman–Crippen LogP) is 2.98.